The Balaban J connectivity index is 2.65. The van der Waals surface area contributed by atoms with Crippen LogP contribution >= 0.6 is 0 Å². The van der Waals surface area contributed by atoms with Crippen molar-refractivity contribution in [1.29, 1.82) is 0 Å². The van der Waals surface area contributed by atoms with Gasteiger partial charge in [0, 0.05) is 13.6 Å². The first-order valence-electron chi connectivity index (χ1n) is 5.64. The molecule has 0 atom stereocenters. The summed E-state index contributed by atoms with van der Waals surface area (Å²) in [6.45, 7) is 2.28. The Kier molecular flexibility index (Phi) is 3.34. The summed E-state index contributed by atoms with van der Waals surface area (Å²) in [5.74, 6) is 0.929. The van der Waals surface area contributed by atoms with E-state index in [0.29, 0.717) is 23.7 Å². The predicted molar refractivity (Wildman–Crippen MR) is 67.8 cm³/mol. The van der Waals surface area contributed by atoms with Crippen molar-refractivity contribution in [3.8, 4) is 17.1 Å². The van der Waals surface area contributed by atoms with Gasteiger partial charge in [0.1, 0.15) is 17.4 Å². The van der Waals surface area contributed by atoms with E-state index in [2.05, 4.69) is 4.98 Å². The lowest BCUT2D eigenvalue weighted by molar-refractivity contribution is 0.415. The molecule has 0 spiro atoms. The van der Waals surface area contributed by atoms with Crippen LogP contribution in [0.1, 0.15) is 11.4 Å². The molecule has 0 saturated carbocycles. The standard InChI is InChI=1S/C13H16FN3O/c1-8-11(7-15)17(2)13(16-8)10-6-9(14)4-5-12(10)18-3/h4-6H,7,15H2,1-3H3. The monoisotopic (exact) mass is 249 g/mol. The number of hydrogen-bond acceptors (Lipinski definition) is 3. The Morgan fingerprint density at radius 3 is 2.72 bits per heavy atom. The molecule has 2 rings (SSSR count). The number of nitrogens with zero attached hydrogens (tertiary/aromatic N) is 2. The van der Waals surface area contributed by atoms with Crippen molar-refractivity contribution in [2.75, 3.05) is 7.11 Å². The molecule has 18 heavy (non-hydrogen) atoms. The summed E-state index contributed by atoms with van der Waals surface area (Å²) in [7, 11) is 3.41. The van der Waals surface area contributed by atoms with Crippen LogP contribution in [0.4, 0.5) is 4.39 Å². The molecular formula is C13H16FN3O. The van der Waals surface area contributed by atoms with Crippen LogP contribution in [0.3, 0.4) is 0 Å². The summed E-state index contributed by atoms with van der Waals surface area (Å²) in [4.78, 5) is 4.44. The van der Waals surface area contributed by atoms with Gasteiger partial charge >= 0.3 is 0 Å². The molecule has 0 saturated heterocycles. The average molecular weight is 249 g/mol. The van der Waals surface area contributed by atoms with Gasteiger partial charge in [0.2, 0.25) is 0 Å². The van der Waals surface area contributed by atoms with Gasteiger partial charge in [0.15, 0.2) is 0 Å². The lowest BCUT2D eigenvalue weighted by Crippen LogP contribution is -2.05. The number of imidazole rings is 1. The van der Waals surface area contributed by atoms with E-state index in [4.69, 9.17) is 10.5 Å². The zero-order valence-electron chi connectivity index (χ0n) is 10.7. The highest BCUT2D eigenvalue weighted by Gasteiger charge is 2.16. The van der Waals surface area contributed by atoms with E-state index in [-0.39, 0.29) is 5.82 Å². The van der Waals surface area contributed by atoms with Crippen LogP contribution in [0, 0.1) is 12.7 Å². The zero-order valence-corrected chi connectivity index (χ0v) is 10.7. The summed E-state index contributed by atoms with van der Waals surface area (Å²) in [6, 6.07) is 4.37. The van der Waals surface area contributed by atoms with E-state index in [0.717, 1.165) is 11.4 Å². The third kappa shape index (κ3) is 1.97. The third-order valence-electron chi connectivity index (χ3n) is 3.01. The van der Waals surface area contributed by atoms with Gasteiger partial charge in [-0.05, 0) is 25.1 Å². The number of methoxy groups -OCH3 is 1. The van der Waals surface area contributed by atoms with E-state index in [1.807, 2.05) is 18.5 Å². The van der Waals surface area contributed by atoms with Crippen LogP contribution in [-0.4, -0.2) is 16.7 Å². The fourth-order valence-electron chi connectivity index (χ4n) is 2.05. The first-order chi connectivity index (χ1) is 8.58. The lowest BCUT2D eigenvalue weighted by atomic mass is 10.2. The van der Waals surface area contributed by atoms with Crippen LogP contribution in [0.15, 0.2) is 18.2 Å². The average Bonchev–Trinajstić information content (AvgIpc) is 2.64. The van der Waals surface area contributed by atoms with Gasteiger partial charge in [-0.2, -0.15) is 0 Å². The molecule has 0 bridgehead atoms. The normalized spacial score (nSPS) is 10.7. The second kappa shape index (κ2) is 4.78. The number of hydrogen-bond donors (Lipinski definition) is 1. The van der Waals surface area contributed by atoms with Gasteiger partial charge in [-0.25, -0.2) is 9.37 Å². The Hall–Kier alpha value is -1.88. The maximum atomic E-state index is 13.4. The molecule has 1 aromatic heterocycles. The topological polar surface area (TPSA) is 53.1 Å². The van der Waals surface area contributed by atoms with Crippen LogP contribution in [0.2, 0.25) is 0 Å². The summed E-state index contributed by atoms with van der Waals surface area (Å²) >= 11 is 0. The molecular weight excluding hydrogens is 233 g/mol. The van der Waals surface area contributed by atoms with E-state index in [1.54, 1.807) is 13.2 Å². The maximum absolute atomic E-state index is 13.4. The molecule has 0 unspecified atom stereocenters. The smallest absolute Gasteiger partial charge is 0.144 e. The fourth-order valence-corrected chi connectivity index (χ4v) is 2.05. The van der Waals surface area contributed by atoms with E-state index in [1.165, 1.54) is 12.1 Å². The van der Waals surface area contributed by atoms with Crippen molar-refractivity contribution < 1.29 is 9.13 Å². The Labute approximate surface area is 105 Å². The SMILES string of the molecule is COc1ccc(F)cc1-c1nc(C)c(CN)n1C. The zero-order chi connectivity index (χ0) is 13.3. The first kappa shape index (κ1) is 12.6. The van der Waals surface area contributed by atoms with E-state index >= 15 is 0 Å². The molecule has 0 aliphatic rings. The summed E-state index contributed by atoms with van der Waals surface area (Å²) < 4.78 is 20.5. The second-order valence-corrected chi connectivity index (χ2v) is 4.08. The maximum Gasteiger partial charge on any atom is 0.144 e. The quantitative estimate of drug-likeness (QED) is 0.905. The van der Waals surface area contributed by atoms with E-state index in [9.17, 15) is 4.39 Å². The molecule has 96 valence electrons. The molecule has 1 aromatic carbocycles. The number of aromatic nitrogens is 2. The van der Waals surface area contributed by atoms with Crippen molar-refractivity contribution in [3.63, 3.8) is 0 Å². The minimum atomic E-state index is -0.319. The summed E-state index contributed by atoms with van der Waals surface area (Å²) in [6.07, 6.45) is 0. The largest absolute Gasteiger partial charge is 0.496 e. The highest BCUT2D eigenvalue weighted by atomic mass is 19.1. The molecule has 1 heterocycles. The number of halogens is 1. The van der Waals surface area contributed by atoms with Crippen molar-refractivity contribution in [2.45, 2.75) is 13.5 Å². The Morgan fingerprint density at radius 1 is 1.44 bits per heavy atom. The first-order valence-corrected chi connectivity index (χ1v) is 5.64. The van der Waals surface area contributed by atoms with E-state index < -0.39 is 0 Å². The van der Waals surface area contributed by atoms with Crippen LogP contribution in [0.25, 0.3) is 11.4 Å². The minimum absolute atomic E-state index is 0.319. The highest BCUT2D eigenvalue weighted by molar-refractivity contribution is 5.65. The number of aryl methyl sites for hydroxylation is 1. The second-order valence-electron chi connectivity index (χ2n) is 4.08. The number of nitrogens with two attached hydrogens (primary N) is 1. The van der Waals surface area contributed by atoms with Crippen LogP contribution in [0.5, 0.6) is 5.75 Å². The number of benzene rings is 1. The molecule has 2 aromatic rings. The van der Waals surface area contributed by atoms with Gasteiger partial charge < -0.3 is 15.0 Å². The Bertz CT molecular complexity index is 578. The number of ether oxygens (including phenoxy) is 1. The van der Waals surface area contributed by atoms with Gasteiger partial charge in [-0.1, -0.05) is 0 Å². The summed E-state index contributed by atoms with van der Waals surface area (Å²) in [5, 5.41) is 0. The predicted octanol–water partition coefficient (Wildman–Crippen LogP) is 2.00. The Morgan fingerprint density at radius 2 is 2.17 bits per heavy atom. The summed E-state index contributed by atoms with van der Waals surface area (Å²) in [5.41, 5.74) is 8.08. The van der Waals surface area contributed by atoms with Crippen molar-refractivity contribution in [3.05, 3.63) is 35.4 Å². The fraction of sp³-hybridized carbons (Fsp3) is 0.308. The molecule has 4 nitrogen and oxygen atoms in total. The van der Waals surface area contributed by atoms with Crippen LogP contribution < -0.4 is 10.5 Å². The molecule has 0 aliphatic carbocycles. The van der Waals surface area contributed by atoms with Gasteiger partial charge in [0.05, 0.1) is 24.1 Å². The van der Waals surface area contributed by atoms with Crippen molar-refractivity contribution in [2.24, 2.45) is 12.8 Å². The molecule has 0 fully saturated rings. The van der Waals surface area contributed by atoms with Gasteiger partial charge in [-0.3, -0.25) is 0 Å². The molecule has 0 aliphatic heterocycles. The van der Waals surface area contributed by atoms with Crippen molar-refractivity contribution in [1.82, 2.24) is 9.55 Å². The molecule has 2 N–H and O–H groups in total. The molecule has 5 heteroatoms. The van der Waals surface area contributed by atoms with Gasteiger partial charge in [0.25, 0.3) is 0 Å². The van der Waals surface area contributed by atoms with Crippen LogP contribution in [-0.2, 0) is 13.6 Å². The highest BCUT2D eigenvalue weighted by Crippen LogP contribution is 2.30. The number of rotatable bonds is 3. The minimum Gasteiger partial charge on any atom is -0.496 e. The molecule has 0 radical (unpaired) electrons. The lowest BCUT2D eigenvalue weighted by Gasteiger charge is -2.09. The third-order valence-corrected chi connectivity index (χ3v) is 3.01. The van der Waals surface area contributed by atoms with Gasteiger partial charge in [-0.15, -0.1) is 0 Å². The van der Waals surface area contributed by atoms with Crippen molar-refractivity contribution >= 4 is 0 Å². The molecule has 0 amide bonds.